The molecule has 5 heteroatoms. The Morgan fingerprint density at radius 2 is 2.31 bits per heavy atom. The molecule has 2 rings (SSSR count). The lowest BCUT2D eigenvalue weighted by Gasteiger charge is -2.11. The lowest BCUT2D eigenvalue weighted by atomic mass is 10.2. The third-order valence-electron chi connectivity index (χ3n) is 2.76. The Kier molecular flexibility index (Phi) is 3.05. The van der Waals surface area contributed by atoms with Crippen LogP contribution in [0, 0.1) is 6.92 Å². The Balaban J connectivity index is 1.93. The lowest BCUT2D eigenvalue weighted by Crippen LogP contribution is -2.17. The van der Waals surface area contributed by atoms with E-state index in [0.29, 0.717) is 6.04 Å². The molecule has 86 valence electrons. The highest BCUT2D eigenvalue weighted by molar-refractivity contribution is 5.15. The molecule has 0 spiro atoms. The van der Waals surface area contributed by atoms with Crippen LogP contribution in [0.2, 0.25) is 0 Å². The summed E-state index contributed by atoms with van der Waals surface area (Å²) in [5, 5.41) is 14.5. The number of aryl methyl sites for hydroxylation is 2. The molecule has 0 aliphatic carbocycles. The SMILES string of the molecule is Cc1[nH]ncc1CNC(C)c1cnn(C)c1. The van der Waals surface area contributed by atoms with E-state index in [9.17, 15) is 0 Å². The van der Waals surface area contributed by atoms with Crippen LogP contribution in [-0.2, 0) is 13.6 Å². The van der Waals surface area contributed by atoms with Crippen molar-refractivity contribution in [1.29, 1.82) is 0 Å². The Labute approximate surface area is 94.9 Å². The normalized spacial score (nSPS) is 12.9. The van der Waals surface area contributed by atoms with Crippen LogP contribution < -0.4 is 5.32 Å². The molecule has 0 aromatic carbocycles. The molecule has 2 aromatic rings. The quantitative estimate of drug-likeness (QED) is 0.815. The Bertz CT molecular complexity index is 456. The van der Waals surface area contributed by atoms with E-state index in [1.807, 2.05) is 37.2 Å². The molecule has 0 aliphatic rings. The van der Waals surface area contributed by atoms with Gasteiger partial charge in [0.25, 0.3) is 0 Å². The van der Waals surface area contributed by atoms with Gasteiger partial charge in [-0.1, -0.05) is 0 Å². The van der Waals surface area contributed by atoms with E-state index in [0.717, 1.165) is 12.2 Å². The van der Waals surface area contributed by atoms with Crippen LogP contribution in [0.4, 0.5) is 0 Å². The highest BCUT2D eigenvalue weighted by Gasteiger charge is 2.08. The highest BCUT2D eigenvalue weighted by atomic mass is 15.2. The van der Waals surface area contributed by atoms with Gasteiger partial charge in [-0.15, -0.1) is 0 Å². The number of aromatic nitrogens is 4. The molecule has 0 saturated heterocycles. The van der Waals surface area contributed by atoms with Crippen molar-refractivity contribution in [1.82, 2.24) is 25.3 Å². The maximum Gasteiger partial charge on any atom is 0.0537 e. The maximum atomic E-state index is 4.16. The second-order valence-electron chi connectivity index (χ2n) is 4.07. The van der Waals surface area contributed by atoms with Gasteiger partial charge in [0.05, 0.1) is 12.4 Å². The zero-order valence-corrected chi connectivity index (χ0v) is 9.86. The van der Waals surface area contributed by atoms with Crippen molar-refractivity contribution in [2.75, 3.05) is 0 Å². The first-order valence-electron chi connectivity index (χ1n) is 5.37. The zero-order chi connectivity index (χ0) is 11.5. The molecule has 16 heavy (non-hydrogen) atoms. The number of hydrogen-bond donors (Lipinski definition) is 2. The average Bonchev–Trinajstić information content (AvgIpc) is 2.84. The van der Waals surface area contributed by atoms with E-state index >= 15 is 0 Å². The van der Waals surface area contributed by atoms with Crippen LogP contribution >= 0.6 is 0 Å². The first-order valence-corrected chi connectivity index (χ1v) is 5.37. The minimum Gasteiger partial charge on any atom is -0.306 e. The van der Waals surface area contributed by atoms with E-state index in [1.54, 1.807) is 0 Å². The van der Waals surface area contributed by atoms with Crippen molar-refractivity contribution in [2.45, 2.75) is 26.4 Å². The number of aromatic amines is 1. The summed E-state index contributed by atoms with van der Waals surface area (Å²) in [5.74, 6) is 0. The topological polar surface area (TPSA) is 58.5 Å². The van der Waals surface area contributed by atoms with Crippen LogP contribution in [0.15, 0.2) is 18.6 Å². The van der Waals surface area contributed by atoms with Crippen LogP contribution in [0.25, 0.3) is 0 Å². The third kappa shape index (κ3) is 2.30. The second-order valence-corrected chi connectivity index (χ2v) is 4.07. The molecule has 1 unspecified atom stereocenters. The monoisotopic (exact) mass is 219 g/mol. The minimum absolute atomic E-state index is 0.294. The lowest BCUT2D eigenvalue weighted by molar-refractivity contribution is 0.573. The largest absolute Gasteiger partial charge is 0.306 e. The number of nitrogens with one attached hydrogen (secondary N) is 2. The number of hydrogen-bond acceptors (Lipinski definition) is 3. The van der Waals surface area contributed by atoms with E-state index in [2.05, 4.69) is 27.5 Å². The van der Waals surface area contributed by atoms with E-state index in [1.165, 1.54) is 11.1 Å². The molecule has 2 aromatic heterocycles. The van der Waals surface area contributed by atoms with Gasteiger partial charge in [0.2, 0.25) is 0 Å². The summed E-state index contributed by atoms with van der Waals surface area (Å²) in [6, 6.07) is 0.294. The third-order valence-corrected chi connectivity index (χ3v) is 2.76. The minimum atomic E-state index is 0.294. The summed E-state index contributed by atoms with van der Waals surface area (Å²) in [6.45, 7) is 4.98. The fourth-order valence-corrected chi connectivity index (χ4v) is 1.60. The zero-order valence-electron chi connectivity index (χ0n) is 9.86. The molecule has 5 nitrogen and oxygen atoms in total. The molecular formula is C11H17N5. The van der Waals surface area contributed by atoms with E-state index in [4.69, 9.17) is 0 Å². The molecule has 0 saturated carbocycles. The number of H-pyrrole nitrogens is 1. The molecule has 0 radical (unpaired) electrons. The molecule has 2 N–H and O–H groups in total. The summed E-state index contributed by atoms with van der Waals surface area (Å²) in [5.41, 5.74) is 3.52. The molecule has 1 atom stereocenters. The predicted molar refractivity (Wildman–Crippen MR) is 61.8 cm³/mol. The Hall–Kier alpha value is -1.62. The van der Waals surface area contributed by atoms with E-state index < -0.39 is 0 Å². The van der Waals surface area contributed by atoms with E-state index in [-0.39, 0.29) is 0 Å². The summed E-state index contributed by atoms with van der Waals surface area (Å²) in [7, 11) is 1.93. The van der Waals surface area contributed by atoms with Gasteiger partial charge in [-0.05, 0) is 13.8 Å². The molecule has 2 heterocycles. The molecular weight excluding hydrogens is 202 g/mol. The van der Waals surface area contributed by atoms with Gasteiger partial charge in [-0.2, -0.15) is 10.2 Å². The standard InChI is InChI=1S/C11H17N5/c1-8(11-6-14-16(3)7-11)12-4-10-5-13-15-9(10)2/h5-8,12H,4H2,1-3H3,(H,13,15). The van der Waals surface area contributed by atoms with Crippen molar-refractivity contribution in [3.63, 3.8) is 0 Å². The highest BCUT2D eigenvalue weighted by Crippen LogP contribution is 2.12. The average molecular weight is 219 g/mol. The predicted octanol–water partition coefficient (Wildman–Crippen LogP) is 1.30. The maximum absolute atomic E-state index is 4.16. The van der Waals surface area contributed by atoms with Crippen LogP contribution in [0.1, 0.15) is 29.8 Å². The Morgan fingerprint density at radius 1 is 1.50 bits per heavy atom. The van der Waals surface area contributed by atoms with Crippen molar-refractivity contribution in [2.24, 2.45) is 7.05 Å². The Morgan fingerprint density at radius 3 is 2.88 bits per heavy atom. The molecule has 0 fully saturated rings. The molecule has 0 aliphatic heterocycles. The molecule has 0 bridgehead atoms. The first-order chi connectivity index (χ1) is 7.66. The second kappa shape index (κ2) is 4.49. The smallest absolute Gasteiger partial charge is 0.0537 e. The summed E-state index contributed by atoms with van der Waals surface area (Å²) >= 11 is 0. The fourth-order valence-electron chi connectivity index (χ4n) is 1.60. The van der Waals surface area contributed by atoms with Crippen LogP contribution in [0.3, 0.4) is 0 Å². The van der Waals surface area contributed by atoms with Crippen molar-refractivity contribution >= 4 is 0 Å². The van der Waals surface area contributed by atoms with Gasteiger partial charge in [0.15, 0.2) is 0 Å². The van der Waals surface area contributed by atoms with Gasteiger partial charge >= 0.3 is 0 Å². The van der Waals surface area contributed by atoms with Gasteiger partial charge in [-0.3, -0.25) is 9.78 Å². The van der Waals surface area contributed by atoms with Crippen molar-refractivity contribution in [3.05, 3.63) is 35.4 Å². The van der Waals surface area contributed by atoms with Gasteiger partial charge in [0, 0.05) is 42.7 Å². The summed E-state index contributed by atoms with van der Waals surface area (Å²) in [4.78, 5) is 0. The number of nitrogens with zero attached hydrogens (tertiary/aromatic N) is 3. The van der Waals surface area contributed by atoms with Crippen LogP contribution in [0.5, 0.6) is 0 Å². The molecule has 0 amide bonds. The van der Waals surface area contributed by atoms with Crippen LogP contribution in [-0.4, -0.2) is 20.0 Å². The summed E-state index contributed by atoms with van der Waals surface area (Å²) < 4.78 is 1.82. The van der Waals surface area contributed by atoms with Gasteiger partial charge < -0.3 is 5.32 Å². The fraction of sp³-hybridized carbons (Fsp3) is 0.455. The van der Waals surface area contributed by atoms with Gasteiger partial charge in [-0.25, -0.2) is 0 Å². The number of rotatable bonds is 4. The van der Waals surface area contributed by atoms with Gasteiger partial charge in [0.1, 0.15) is 0 Å². The van der Waals surface area contributed by atoms with Crippen molar-refractivity contribution in [3.8, 4) is 0 Å². The van der Waals surface area contributed by atoms with Crippen molar-refractivity contribution < 1.29 is 0 Å². The first kappa shape index (κ1) is 10.9. The summed E-state index contributed by atoms with van der Waals surface area (Å²) in [6.07, 6.45) is 5.78.